The SMILES string of the molecule is CC(C)n1cnc(S(=O)(=O)N2[C@H](C)CCC[C@@H]2C)c1. The summed E-state index contributed by atoms with van der Waals surface area (Å²) < 4.78 is 28.8. The summed E-state index contributed by atoms with van der Waals surface area (Å²) in [6.45, 7) is 7.97. The van der Waals surface area contributed by atoms with Crippen molar-refractivity contribution in [3.8, 4) is 0 Å². The summed E-state index contributed by atoms with van der Waals surface area (Å²) in [5.41, 5.74) is 0. The van der Waals surface area contributed by atoms with Gasteiger partial charge in [-0.2, -0.15) is 4.31 Å². The summed E-state index contributed by atoms with van der Waals surface area (Å²) in [5, 5.41) is 0.168. The molecule has 0 radical (unpaired) electrons. The van der Waals surface area contributed by atoms with E-state index in [2.05, 4.69) is 4.98 Å². The molecule has 108 valence electrons. The number of imidazole rings is 1. The maximum absolute atomic E-state index is 12.7. The lowest BCUT2D eigenvalue weighted by Gasteiger charge is -2.37. The van der Waals surface area contributed by atoms with Gasteiger partial charge in [0.2, 0.25) is 0 Å². The summed E-state index contributed by atoms with van der Waals surface area (Å²) in [7, 11) is -3.47. The van der Waals surface area contributed by atoms with E-state index in [0.29, 0.717) is 0 Å². The third-order valence-corrected chi connectivity index (χ3v) is 5.84. The Bertz CT molecular complexity index is 526. The van der Waals surface area contributed by atoms with Crippen LogP contribution in [0.5, 0.6) is 0 Å². The van der Waals surface area contributed by atoms with Gasteiger partial charge < -0.3 is 4.57 Å². The summed E-state index contributed by atoms with van der Waals surface area (Å²) >= 11 is 0. The highest BCUT2D eigenvalue weighted by Crippen LogP contribution is 2.29. The van der Waals surface area contributed by atoms with Crippen molar-refractivity contribution in [2.45, 2.75) is 70.1 Å². The maximum atomic E-state index is 12.7. The van der Waals surface area contributed by atoms with Crippen LogP contribution in [0.25, 0.3) is 0 Å². The molecule has 0 unspecified atom stereocenters. The quantitative estimate of drug-likeness (QED) is 0.857. The van der Waals surface area contributed by atoms with Crippen LogP contribution >= 0.6 is 0 Å². The summed E-state index contributed by atoms with van der Waals surface area (Å²) in [4.78, 5) is 4.09. The van der Waals surface area contributed by atoms with Gasteiger partial charge in [0.05, 0.1) is 6.33 Å². The van der Waals surface area contributed by atoms with Crippen molar-refractivity contribution >= 4 is 10.0 Å². The number of piperidine rings is 1. The van der Waals surface area contributed by atoms with Crippen LogP contribution in [0.4, 0.5) is 0 Å². The van der Waals surface area contributed by atoms with Crippen LogP contribution < -0.4 is 0 Å². The normalized spacial score (nSPS) is 25.9. The predicted octanol–water partition coefficient (Wildman–Crippen LogP) is 2.42. The molecule has 1 saturated heterocycles. The van der Waals surface area contributed by atoms with Crippen LogP contribution in [0.2, 0.25) is 0 Å². The van der Waals surface area contributed by atoms with E-state index in [-0.39, 0.29) is 23.2 Å². The molecular formula is C13H23N3O2S. The molecule has 1 aromatic heterocycles. The topological polar surface area (TPSA) is 55.2 Å². The van der Waals surface area contributed by atoms with Crippen molar-refractivity contribution in [2.75, 3.05) is 0 Å². The van der Waals surface area contributed by atoms with E-state index in [4.69, 9.17) is 0 Å². The van der Waals surface area contributed by atoms with Gasteiger partial charge in [-0.15, -0.1) is 0 Å². The number of nitrogens with zero attached hydrogens (tertiary/aromatic N) is 3. The number of hydrogen-bond acceptors (Lipinski definition) is 3. The molecule has 1 aliphatic rings. The van der Waals surface area contributed by atoms with Crippen molar-refractivity contribution in [3.63, 3.8) is 0 Å². The summed E-state index contributed by atoms with van der Waals surface area (Å²) in [5.74, 6) is 0. The number of aromatic nitrogens is 2. The molecule has 1 fully saturated rings. The molecule has 0 amide bonds. The Kier molecular flexibility index (Phi) is 4.01. The molecule has 0 aromatic carbocycles. The van der Waals surface area contributed by atoms with Crippen molar-refractivity contribution in [1.82, 2.24) is 13.9 Å². The average Bonchev–Trinajstić information content (AvgIpc) is 2.78. The average molecular weight is 285 g/mol. The fourth-order valence-corrected chi connectivity index (χ4v) is 4.52. The van der Waals surface area contributed by atoms with Gasteiger partial charge in [-0.05, 0) is 40.5 Å². The molecule has 2 atom stereocenters. The monoisotopic (exact) mass is 285 g/mol. The van der Waals surface area contributed by atoms with Crippen LogP contribution in [-0.4, -0.2) is 34.4 Å². The van der Waals surface area contributed by atoms with Gasteiger partial charge in [0.25, 0.3) is 10.0 Å². The maximum Gasteiger partial charge on any atom is 0.262 e. The fourth-order valence-electron chi connectivity index (χ4n) is 2.71. The number of sulfonamides is 1. The lowest BCUT2D eigenvalue weighted by molar-refractivity contribution is 0.204. The Labute approximate surface area is 115 Å². The third-order valence-electron chi connectivity index (χ3n) is 3.83. The minimum absolute atomic E-state index is 0.0537. The van der Waals surface area contributed by atoms with Gasteiger partial charge in [-0.3, -0.25) is 0 Å². The zero-order chi connectivity index (χ0) is 14.2. The second-order valence-corrected chi connectivity index (χ2v) is 7.51. The zero-order valence-corrected chi connectivity index (χ0v) is 12.9. The van der Waals surface area contributed by atoms with E-state index in [1.807, 2.05) is 32.3 Å². The van der Waals surface area contributed by atoms with Gasteiger partial charge in [0, 0.05) is 24.3 Å². The zero-order valence-electron chi connectivity index (χ0n) is 12.1. The minimum Gasteiger partial charge on any atom is -0.334 e. The molecule has 6 heteroatoms. The molecular weight excluding hydrogens is 262 g/mol. The molecule has 2 rings (SSSR count). The lowest BCUT2D eigenvalue weighted by Crippen LogP contribution is -2.47. The number of rotatable bonds is 3. The molecule has 0 aliphatic carbocycles. The highest BCUT2D eigenvalue weighted by Gasteiger charge is 2.36. The van der Waals surface area contributed by atoms with E-state index in [0.717, 1.165) is 19.3 Å². The first-order valence-electron chi connectivity index (χ1n) is 6.91. The molecule has 5 nitrogen and oxygen atoms in total. The first-order chi connectivity index (χ1) is 8.84. The van der Waals surface area contributed by atoms with Crippen LogP contribution in [0.3, 0.4) is 0 Å². The Morgan fingerprint density at radius 3 is 2.32 bits per heavy atom. The van der Waals surface area contributed by atoms with E-state index in [1.54, 1.807) is 16.8 Å². The third kappa shape index (κ3) is 2.69. The fraction of sp³-hybridized carbons (Fsp3) is 0.769. The smallest absolute Gasteiger partial charge is 0.262 e. The first kappa shape index (κ1) is 14.5. The largest absolute Gasteiger partial charge is 0.334 e. The highest BCUT2D eigenvalue weighted by atomic mass is 32.2. The molecule has 2 heterocycles. The van der Waals surface area contributed by atoms with Gasteiger partial charge >= 0.3 is 0 Å². The summed E-state index contributed by atoms with van der Waals surface area (Å²) in [6, 6.07) is 0.323. The molecule has 19 heavy (non-hydrogen) atoms. The predicted molar refractivity (Wildman–Crippen MR) is 74.4 cm³/mol. The Morgan fingerprint density at radius 1 is 1.26 bits per heavy atom. The Hall–Kier alpha value is -0.880. The minimum atomic E-state index is -3.47. The van der Waals surface area contributed by atoms with Crippen LogP contribution in [0.15, 0.2) is 17.6 Å². The second-order valence-electron chi connectivity index (χ2n) is 5.72. The summed E-state index contributed by atoms with van der Waals surface area (Å²) in [6.07, 6.45) is 6.17. The van der Waals surface area contributed by atoms with Crippen LogP contribution in [-0.2, 0) is 10.0 Å². The molecule has 0 spiro atoms. The Balaban J connectivity index is 2.34. The molecule has 0 bridgehead atoms. The van der Waals surface area contributed by atoms with E-state index >= 15 is 0 Å². The van der Waals surface area contributed by atoms with Gasteiger partial charge in [0.1, 0.15) is 0 Å². The second kappa shape index (κ2) is 5.25. The van der Waals surface area contributed by atoms with Gasteiger partial charge in [-0.25, -0.2) is 13.4 Å². The van der Waals surface area contributed by atoms with E-state index in [1.165, 1.54) is 0 Å². The van der Waals surface area contributed by atoms with Gasteiger partial charge in [0.15, 0.2) is 5.03 Å². The lowest BCUT2D eigenvalue weighted by atomic mass is 10.0. The van der Waals surface area contributed by atoms with Crippen molar-refractivity contribution < 1.29 is 8.42 Å². The Morgan fingerprint density at radius 2 is 1.84 bits per heavy atom. The standard InChI is InChI=1S/C13H23N3O2S/c1-10(2)15-8-13(14-9-15)19(17,18)16-11(3)6-5-7-12(16)4/h8-12H,5-7H2,1-4H3/t11-,12+. The van der Waals surface area contributed by atoms with Crippen LogP contribution in [0, 0.1) is 0 Å². The molecule has 1 aliphatic heterocycles. The van der Waals surface area contributed by atoms with E-state index in [9.17, 15) is 8.42 Å². The van der Waals surface area contributed by atoms with E-state index < -0.39 is 10.0 Å². The van der Waals surface area contributed by atoms with Crippen molar-refractivity contribution in [2.24, 2.45) is 0 Å². The first-order valence-corrected chi connectivity index (χ1v) is 8.35. The van der Waals surface area contributed by atoms with Crippen molar-refractivity contribution in [3.05, 3.63) is 12.5 Å². The van der Waals surface area contributed by atoms with Gasteiger partial charge in [-0.1, -0.05) is 6.42 Å². The molecule has 0 saturated carbocycles. The number of hydrogen-bond donors (Lipinski definition) is 0. The highest BCUT2D eigenvalue weighted by molar-refractivity contribution is 7.89. The van der Waals surface area contributed by atoms with Crippen molar-refractivity contribution in [1.29, 1.82) is 0 Å². The van der Waals surface area contributed by atoms with Crippen LogP contribution in [0.1, 0.15) is 53.0 Å². The molecule has 1 aromatic rings. The molecule has 0 N–H and O–H groups in total.